The van der Waals surface area contributed by atoms with Gasteiger partial charge < -0.3 is 15.4 Å². The number of carbonyl (C=O) groups excluding carboxylic acids is 1. The molecule has 2 N–H and O–H groups in total. The number of hydrogen-bond acceptors (Lipinski definition) is 3. The first-order chi connectivity index (χ1) is 10.0. The van der Waals surface area contributed by atoms with E-state index in [4.69, 9.17) is 4.74 Å². The average molecular weight is 310 g/mol. The van der Waals surface area contributed by atoms with Gasteiger partial charge in [-0.05, 0) is 41.0 Å². The predicted molar refractivity (Wildman–Crippen MR) is 89.7 cm³/mol. The minimum absolute atomic E-state index is 0.0531. The van der Waals surface area contributed by atoms with Crippen LogP contribution in [0.4, 0.5) is 0 Å². The van der Waals surface area contributed by atoms with Gasteiger partial charge in [-0.2, -0.15) is 0 Å². The summed E-state index contributed by atoms with van der Waals surface area (Å²) in [4.78, 5) is 12.6. The Labute approximate surface area is 135 Å². The summed E-state index contributed by atoms with van der Waals surface area (Å²) in [5.41, 5.74) is -1.29. The largest absolute Gasteiger partial charge is 0.340 e. The number of carbonyl (C=O) groups is 1. The van der Waals surface area contributed by atoms with E-state index in [0.717, 1.165) is 25.7 Å². The van der Waals surface area contributed by atoms with E-state index in [1.54, 1.807) is 0 Å². The van der Waals surface area contributed by atoms with Crippen molar-refractivity contribution in [3.8, 4) is 0 Å². The van der Waals surface area contributed by atoms with E-state index in [2.05, 4.69) is 45.3 Å². The van der Waals surface area contributed by atoms with Gasteiger partial charge in [-0.3, -0.25) is 4.79 Å². The Kier molecular flexibility index (Phi) is 4.67. The third-order valence-corrected chi connectivity index (χ3v) is 4.88. The van der Waals surface area contributed by atoms with Crippen LogP contribution in [0, 0.1) is 0 Å². The lowest BCUT2D eigenvalue weighted by Crippen LogP contribution is -2.66. The van der Waals surface area contributed by atoms with Crippen LogP contribution < -0.4 is 10.6 Å². The highest BCUT2D eigenvalue weighted by Crippen LogP contribution is 2.43. The number of rotatable bonds is 5. The maximum atomic E-state index is 12.6. The van der Waals surface area contributed by atoms with Crippen LogP contribution in [0.15, 0.2) is 0 Å². The molecule has 0 bridgehead atoms. The molecule has 1 atom stereocenters. The molecule has 1 amide bonds. The molecule has 0 saturated carbocycles. The molecule has 128 valence electrons. The predicted octanol–water partition coefficient (Wildman–Crippen LogP) is 3.50. The number of nitrogens with one attached hydrogen (secondary N) is 2. The van der Waals surface area contributed by atoms with Crippen molar-refractivity contribution < 1.29 is 9.53 Å². The molecule has 4 heteroatoms. The maximum absolute atomic E-state index is 12.6. The van der Waals surface area contributed by atoms with Gasteiger partial charge in [-0.1, -0.05) is 32.6 Å². The van der Waals surface area contributed by atoms with Crippen LogP contribution in [0.3, 0.4) is 0 Å². The molecule has 0 aromatic rings. The fourth-order valence-corrected chi connectivity index (χ4v) is 4.55. The van der Waals surface area contributed by atoms with E-state index < -0.39 is 11.3 Å². The normalized spacial score (nSPS) is 32.2. The summed E-state index contributed by atoms with van der Waals surface area (Å²) in [6, 6.07) is 0. The Morgan fingerprint density at radius 3 is 2.14 bits per heavy atom. The summed E-state index contributed by atoms with van der Waals surface area (Å²) in [5.74, 6) is 0.0671. The van der Waals surface area contributed by atoms with Crippen LogP contribution in [0.2, 0.25) is 0 Å². The molecule has 2 aliphatic rings. The summed E-state index contributed by atoms with van der Waals surface area (Å²) in [6.45, 7) is 12.9. The molecule has 2 rings (SSSR count). The molecule has 0 aromatic carbocycles. The zero-order chi connectivity index (χ0) is 16.6. The van der Waals surface area contributed by atoms with Gasteiger partial charge in [0, 0.05) is 23.9 Å². The number of hydrogen-bond donors (Lipinski definition) is 2. The first kappa shape index (κ1) is 17.7. The van der Waals surface area contributed by atoms with Crippen LogP contribution in [0.5, 0.6) is 0 Å². The molecule has 1 spiro atoms. The minimum Gasteiger partial charge on any atom is -0.340 e. The number of piperidine rings is 1. The highest BCUT2D eigenvalue weighted by atomic mass is 16.6. The molecule has 1 unspecified atom stereocenters. The third kappa shape index (κ3) is 3.83. The first-order valence-electron chi connectivity index (χ1n) is 8.84. The van der Waals surface area contributed by atoms with Gasteiger partial charge in [-0.25, -0.2) is 0 Å². The molecule has 2 saturated heterocycles. The standard InChI is InChI=1S/C18H34N2O2/c1-7-8-9-10-11-17(6)14(21)19-18(22-17)12-15(2,3)20-16(4,5)13-18/h20H,7-13H2,1-6H3,(H,19,21). The lowest BCUT2D eigenvalue weighted by molar-refractivity contribution is -0.155. The third-order valence-electron chi connectivity index (χ3n) is 4.88. The molecule has 4 nitrogen and oxygen atoms in total. The number of unbranched alkanes of at least 4 members (excludes halogenated alkanes) is 3. The highest BCUT2D eigenvalue weighted by molar-refractivity contribution is 5.87. The summed E-state index contributed by atoms with van der Waals surface area (Å²) in [6.07, 6.45) is 7.09. The van der Waals surface area contributed by atoms with Crippen LogP contribution in [0.1, 0.15) is 86.5 Å². The summed E-state index contributed by atoms with van der Waals surface area (Å²) in [7, 11) is 0. The van der Waals surface area contributed by atoms with Crippen molar-refractivity contribution in [3.63, 3.8) is 0 Å². The zero-order valence-electron chi connectivity index (χ0n) is 15.3. The summed E-state index contributed by atoms with van der Waals surface area (Å²) < 4.78 is 6.44. The van der Waals surface area contributed by atoms with Crippen LogP contribution >= 0.6 is 0 Å². The topological polar surface area (TPSA) is 50.4 Å². The smallest absolute Gasteiger partial charge is 0.254 e. The molecule has 2 fully saturated rings. The fraction of sp³-hybridized carbons (Fsp3) is 0.944. The van der Waals surface area contributed by atoms with E-state index in [-0.39, 0.29) is 17.0 Å². The van der Waals surface area contributed by atoms with Crippen molar-refractivity contribution in [2.24, 2.45) is 0 Å². The van der Waals surface area contributed by atoms with Gasteiger partial charge in [-0.15, -0.1) is 0 Å². The molecule has 0 aromatic heterocycles. The van der Waals surface area contributed by atoms with E-state index >= 15 is 0 Å². The van der Waals surface area contributed by atoms with E-state index in [1.165, 1.54) is 19.3 Å². The van der Waals surface area contributed by atoms with Crippen molar-refractivity contribution in [1.29, 1.82) is 0 Å². The lowest BCUT2D eigenvalue weighted by atomic mass is 9.77. The van der Waals surface area contributed by atoms with Crippen LogP contribution in [-0.4, -0.2) is 28.3 Å². The minimum atomic E-state index is -0.669. The highest BCUT2D eigenvalue weighted by Gasteiger charge is 2.58. The molecule has 0 radical (unpaired) electrons. The Morgan fingerprint density at radius 2 is 1.59 bits per heavy atom. The van der Waals surface area contributed by atoms with Crippen molar-refractivity contribution in [1.82, 2.24) is 10.6 Å². The average Bonchev–Trinajstić information content (AvgIpc) is 2.51. The molecule has 2 aliphatic heterocycles. The first-order valence-corrected chi connectivity index (χ1v) is 8.84. The van der Waals surface area contributed by atoms with Gasteiger partial charge in [0.1, 0.15) is 11.3 Å². The summed E-state index contributed by atoms with van der Waals surface area (Å²) in [5, 5.41) is 6.86. The Balaban J connectivity index is 2.09. The van der Waals surface area contributed by atoms with E-state index in [1.807, 2.05) is 6.92 Å². The Hall–Kier alpha value is -0.610. The van der Waals surface area contributed by atoms with Gasteiger partial charge in [0.15, 0.2) is 0 Å². The number of ether oxygens (including phenoxy) is 1. The van der Waals surface area contributed by atoms with Gasteiger partial charge >= 0.3 is 0 Å². The Morgan fingerprint density at radius 1 is 1.00 bits per heavy atom. The van der Waals surface area contributed by atoms with E-state index in [9.17, 15) is 4.79 Å². The quantitative estimate of drug-likeness (QED) is 0.764. The second kappa shape index (κ2) is 5.79. The van der Waals surface area contributed by atoms with Crippen molar-refractivity contribution in [2.45, 2.75) is 109 Å². The van der Waals surface area contributed by atoms with E-state index in [0.29, 0.717) is 0 Å². The lowest BCUT2D eigenvalue weighted by Gasteiger charge is -2.51. The molecular weight excluding hydrogens is 276 g/mol. The second-order valence-corrected chi connectivity index (χ2v) is 8.84. The molecule has 22 heavy (non-hydrogen) atoms. The molecule has 0 aliphatic carbocycles. The monoisotopic (exact) mass is 310 g/mol. The number of amides is 1. The van der Waals surface area contributed by atoms with Gasteiger partial charge in [0.2, 0.25) is 0 Å². The van der Waals surface area contributed by atoms with Gasteiger partial charge in [0.05, 0.1) is 0 Å². The van der Waals surface area contributed by atoms with Crippen molar-refractivity contribution >= 4 is 5.91 Å². The van der Waals surface area contributed by atoms with Crippen molar-refractivity contribution in [3.05, 3.63) is 0 Å². The Bertz CT molecular complexity index is 415. The van der Waals surface area contributed by atoms with Crippen LogP contribution in [0.25, 0.3) is 0 Å². The van der Waals surface area contributed by atoms with Gasteiger partial charge in [0.25, 0.3) is 5.91 Å². The fourth-order valence-electron chi connectivity index (χ4n) is 4.55. The maximum Gasteiger partial charge on any atom is 0.254 e. The molecule has 2 heterocycles. The molecular formula is C18H34N2O2. The van der Waals surface area contributed by atoms with Crippen LogP contribution in [-0.2, 0) is 9.53 Å². The zero-order valence-corrected chi connectivity index (χ0v) is 15.3. The van der Waals surface area contributed by atoms with Crippen molar-refractivity contribution in [2.75, 3.05) is 0 Å². The SMILES string of the molecule is CCCCCCC1(C)OC2(CC(C)(C)NC(C)(C)C2)NC1=O. The second-order valence-electron chi connectivity index (χ2n) is 8.84. The summed E-state index contributed by atoms with van der Waals surface area (Å²) >= 11 is 0.